The predicted octanol–water partition coefficient (Wildman–Crippen LogP) is 2.78. The molecule has 1 heterocycles. The zero-order chi connectivity index (χ0) is 19.7. The quantitative estimate of drug-likeness (QED) is 0.847. The Labute approximate surface area is 150 Å². The van der Waals surface area contributed by atoms with Crippen LogP contribution in [0.15, 0.2) is 12.1 Å². The summed E-state index contributed by atoms with van der Waals surface area (Å²) in [4.78, 5) is 12.9. The largest absolute Gasteiger partial charge is 0.480 e. The van der Waals surface area contributed by atoms with Gasteiger partial charge in [0.15, 0.2) is 0 Å². The standard InChI is InChI=1S/C18H24F3NO4/c1-17(2,3)13-7-12(9-23)11(6-14(13)18(19,20)21)8-22-4-5-26-10-15(22)16(24)25/h6-7,15,23H,4-5,8-10H2,1-3H3,(H,24,25)/t15-/m0/s1. The van der Waals surface area contributed by atoms with E-state index in [-0.39, 0.29) is 24.3 Å². The van der Waals surface area contributed by atoms with Crippen molar-refractivity contribution in [3.05, 3.63) is 34.4 Å². The van der Waals surface area contributed by atoms with Crippen molar-refractivity contribution in [3.8, 4) is 0 Å². The maximum Gasteiger partial charge on any atom is 0.416 e. The molecule has 1 aromatic carbocycles. The summed E-state index contributed by atoms with van der Waals surface area (Å²) in [6.45, 7) is 5.22. The van der Waals surface area contributed by atoms with E-state index in [1.165, 1.54) is 6.07 Å². The zero-order valence-corrected chi connectivity index (χ0v) is 15.1. The Morgan fingerprint density at radius 3 is 2.35 bits per heavy atom. The molecule has 146 valence electrons. The van der Waals surface area contributed by atoms with E-state index in [1.54, 1.807) is 25.7 Å². The first-order chi connectivity index (χ1) is 11.9. The fourth-order valence-electron chi connectivity index (χ4n) is 3.11. The minimum absolute atomic E-state index is 0.00369. The minimum Gasteiger partial charge on any atom is -0.480 e. The number of aliphatic hydroxyl groups is 1. The fourth-order valence-corrected chi connectivity index (χ4v) is 3.11. The number of hydrogen-bond acceptors (Lipinski definition) is 4. The van der Waals surface area contributed by atoms with Crippen LogP contribution in [-0.4, -0.2) is 46.9 Å². The summed E-state index contributed by atoms with van der Waals surface area (Å²) in [5.74, 6) is -1.09. The summed E-state index contributed by atoms with van der Waals surface area (Å²) in [6.07, 6.45) is -4.54. The van der Waals surface area contributed by atoms with Crippen LogP contribution in [0, 0.1) is 0 Å². The number of ether oxygens (including phenoxy) is 1. The van der Waals surface area contributed by atoms with Gasteiger partial charge in [-0.15, -0.1) is 0 Å². The number of rotatable bonds is 4. The van der Waals surface area contributed by atoms with E-state index >= 15 is 0 Å². The second-order valence-corrected chi connectivity index (χ2v) is 7.47. The third-order valence-electron chi connectivity index (χ3n) is 4.52. The third-order valence-corrected chi connectivity index (χ3v) is 4.52. The molecule has 26 heavy (non-hydrogen) atoms. The average Bonchev–Trinajstić information content (AvgIpc) is 2.53. The van der Waals surface area contributed by atoms with Gasteiger partial charge in [-0.1, -0.05) is 26.8 Å². The number of carboxylic acid groups (broad SMARTS) is 1. The topological polar surface area (TPSA) is 70.0 Å². The van der Waals surface area contributed by atoms with Gasteiger partial charge in [0.25, 0.3) is 0 Å². The Bertz CT molecular complexity index is 668. The molecule has 0 spiro atoms. The van der Waals surface area contributed by atoms with Gasteiger partial charge in [0.1, 0.15) is 6.04 Å². The summed E-state index contributed by atoms with van der Waals surface area (Å²) in [5, 5.41) is 19.0. The fraction of sp³-hybridized carbons (Fsp3) is 0.611. The van der Waals surface area contributed by atoms with Crippen molar-refractivity contribution in [3.63, 3.8) is 0 Å². The van der Waals surface area contributed by atoms with Crippen LogP contribution in [0.5, 0.6) is 0 Å². The molecule has 0 unspecified atom stereocenters. The van der Waals surface area contributed by atoms with Gasteiger partial charge >= 0.3 is 12.1 Å². The molecule has 0 aliphatic carbocycles. The zero-order valence-electron chi connectivity index (χ0n) is 15.1. The molecule has 0 radical (unpaired) electrons. The van der Waals surface area contributed by atoms with E-state index < -0.39 is 35.8 Å². The van der Waals surface area contributed by atoms with Crippen molar-refractivity contribution in [2.24, 2.45) is 0 Å². The number of benzene rings is 1. The summed E-state index contributed by atoms with van der Waals surface area (Å²) in [5.41, 5.74) is -0.748. The Morgan fingerprint density at radius 1 is 1.23 bits per heavy atom. The molecule has 0 aromatic heterocycles. The summed E-state index contributed by atoms with van der Waals surface area (Å²) in [6, 6.07) is 1.50. The Kier molecular flexibility index (Phi) is 5.99. The lowest BCUT2D eigenvalue weighted by molar-refractivity contribution is -0.150. The molecule has 8 heteroatoms. The lowest BCUT2D eigenvalue weighted by Gasteiger charge is -2.34. The highest BCUT2D eigenvalue weighted by molar-refractivity contribution is 5.73. The van der Waals surface area contributed by atoms with Gasteiger partial charge in [0.2, 0.25) is 0 Å². The average molecular weight is 375 g/mol. The van der Waals surface area contributed by atoms with E-state index in [4.69, 9.17) is 4.74 Å². The molecular formula is C18H24F3NO4. The highest BCUT2D eigenvalue weighted by Crippen LogP contribution is 2.39. The molecule has 1 fully saturated rings. The third kappa shape index (κ3) is 4.55. The Balaban J connectivity index is 2.49. The molecule has 2 rings (SSSR count). The molecule has 2 N–H and O–H groups in total. The highest BCUT2D eigenvalue weighted by atomic mass is 19.4. The number of halogens is 3. The number of carbonyl (C=O) groups is 1. The smallest absolute Gasteiger partial charge is 0.416 e. The Hall–Kier alpha value is -1.64. The van der Waals surface area contributed by atoms with E-state index in [1.807, 2.05) is 0 Å². The molecule has 1 aliphatic rings. The predicted molar refractivity (Wildman–Crippen MR) is 88.7 cm³/mol. The van der Waals surface area contributed by atoms with Crippen molar-refractivity contribution in [2.45, 2.75) is 51.6 Å². The second kappa shape index (κ2) is 7.54. The van der Waals surface area contributed by atoms with Crippen LogP contribution in [0.1, 0.15) is 43.0 Å². The summed E-state index contributed by atoms with van der Waals surface area (Å²) < 4.78 is 45.9. The number of carboxylic acids is 1. The van der Waals surface area contributed by atoms with Gasteiger partial charge < -0.3 is 14.9 Å². The molecule has 5 nitrogen and oxygen atoms in total. The summed E-state index contributed by atoms with van der Waals surface area (Å²) in [7, 11) is 0. The number of hydrogen-bond donors (Lipinski definition) is 2. The minimum atomic E-state index is -4.54. The molecule has 0 saturated carbocycles. The van der Waals surface area contributed by atoms with Crippen molar-refractivity contribution in [2.75, 3.05) is 19.8 Å². The number of aliphatic carboxylic acids is 1. The van der Waals surface area contributed by atoms with Gasteiger partial charge in [0, 0.05) is 13.1 Å². The number of alkyl halides is 3. The lowest BCUT2D eigenvalue weighted by atomic mass is 9.81. The van der Waals surface area contributed by atoms with E-state index in [9.17, 15) is 28.2 Å². The Morgan fingerprint density at radius 2 is 1.85 bits per heavy atom. The number of nitrogens with zero attached hydrogens (tertiary/aromatic N) is 1. The molecule has 1 atom stereocenters. The van der Waals surface area contributed by atoms with Gasteiger partial charge in [-0.25, -0.2) is 0 Å². The highest BCUT2D eigenvalue weighted by Gasteiger charge is 2.38. The van der Waals surface area contributed by atoms with E-state index in [0.717, 1.165) is 6.07 Å². The summed E-state index contributed by atoms with van der Waals surface area (Å²) >= 11 is 0. The maximum atomic E-state index is 13.6. The van der Waals surface area contributed by atoms with Crippen LogP contribution in [0.3, 0.4) is 0 Å². The molecule has 1 saturated heterocycles. The molecule has 0 bridgehead atoms. The van der Waals surface area contributed by atoms with Gasteiger partial charge in [-0.2, -0.15) is 13.2 Å². The van der Waals surface area contributed by atoms with Crippen LogP contribution in [0.2, 0.25) is 0 Å². The number of aliphatic hydroxyl groups excluding tert-OH is 1. The second-order valence-electron chi connectivity index (χ2n) is 7.47. The van der Waals surface area contributed by atoms with Crippen LogP contribution >= 0.6 is 0 Å². The number of morpholine rings is 1. The van der Waals surface area contributed by atoms with Gasteiger partial charge in [-0.3, -0.25) is 9.69 Å². The first-order valence-electron chi connectivity index (χ1n) is 8.34. The van der Waals surface area contributed by atoms with Crippen LogP contribution in [0.25, 0.3) is 0 Å². The van der Waals surface area contributed by atoms with Crippen molar-refractivity contribution >= 4 is 5.97 Å². The molecule has 1 aromatic rings. The lowest BCUT2D eigenvalue weighted by Crippen LogP contribution is -2.49. The van der Waals surface area contributed by atoms with Gasteiger partial charge in [-0.05, 0) is 28.2 Å². The van der Waals surface area contributed by atoms with Crippen molar-refractivity contribution in [1.82, 2.24) is 4.90 Å². The first-order valence-corrected chi connectivity index (χ1v) is 8.34. The molecule has 0 amide bonds. The SMILES string of the molecule is CC(C)(C)c1cc(CO)c(CN2CCOC[C@H]2C(=O)O)cc1C(F)(F)F. The van der Waals surface area contributed by atoms with Crippen molar-refractivity contribution in [1.29, 1.82) is 0 Å². The van der Waals surface area contributed by atoms with E-state index in [2.05, 4.69) is 0 Å². The first kappa shape index (κ1) is 20.7. The molecule has 1 aliphatic heterocycles. The van der Waals surface area contributed by atoms with Gasteiger partial charge in [0.05, 0.1) is 25.4 Å². The molecular weight excluding hydrogens is 351 g/mol. The monoisotopic (exact) mass is 375 g/mol. The van der Waals surface area contributed by atoms with Crippen molar-refractivity contribution < 1.29 is 32.9 Å². The van der Waals surface area contributed by atoms with Crippen LogP contribution in [0.4, 0.5) is 13.2 Å². The van der Waals surface area contributed by atoms with E-state index in [0.29, 0.717) is 18.7 Å². The van der Waals surface area contributed by atoms with Crippen LogP contribution in [-0.2, 0) is 34.3 Å². The maximum absolute atomic E-state index is 13.6. The van der Waals surface area contributed by atoms with Crippen LogP contribution < -0.4 is 0 Å². The normalized spacial score (nSPS) is 19.6.